The number of carbonyl (C=O) groups is 1. The van der Waals surface area contributed by atoms with Crippen molar-refractivity contribution in [1.82, 2.24) is 0 Å². The number of rotatable bonds is 3. The second-order valence-electron chi connectivity index (χ2n) is 3.91. The Morgan fingerprint density at radius 2 is 2.13 bits per heavy atom. The molecule has 0 saturated heterocycles. The van der Waals surface area contributed by atoms with Gasteiger partial charge in [-0.15, -0.1) is 0 Å². The van der Waals surface area contributed by atoms with Gasteiger partial charge in [0.25, 0.3) is 0 Å². The van der Waals surface area contributed by atoms with Crippen LogP contribution in [0.4, 0.5) is 8.78 Å². The largest absolute Gasteiger partial charge is 0.495 e. The molecule has 1 fully saturated rings. The fourth-order valence-electron chi connectivity index (χ4n) is 2.10. The zero-order valence-electron chi connectivity index (χ0n) is 8.55. The molecule has 0 radical (unpaired) electrons. The molecule has 0 N–H and O–H groups in total. The first-order chi connectivity index (χ1) is 7.01. The lowest BCUT2D eigenvalue weighted by Crippen LogP contribution is -2.34. The van der Waals surface area contributed by atoms with Crippen LogP contribution in [-0.4, -0.2) is 26.1 Å². The third-order valence-electron chi connectivity index (χ3n) is 2.98. The summed E-state index contributed by atoms with van der Waals surface area (Å²) in [5, 5.41) is 0. The molecule has 2 aliphatic carbocycles. The molecule has 3 nitrogen and oxygen atoms in total. The van der Waals surface area contributed by atoms with Crippen molar-refractivity contribution in [3.05, 3.63) is 11.3 Å². The van der Waals surface area contributed by atoms with Crippen molar-refractivity contribution in [3.8, 4) is 0 Å². The summed E-state index contributed by atoms with van der Waals surface area (Å²) in [7, 11) is 2.54. The smallest absolute Gasteiger partial charge is 0.309 e. The van der Waals surface area contributed by atoms with Crippen molar-refractivity contribution in [1.29, 1.82) is 0 Å². The monoisotopic (exact) mass is 218 g/mol. The van der Waals surface area contributed by atoms with Crippen molar-refractivity contribution in [3.63, 3.8) is 0 Å². The van der Waals surface area contributed by atoms with Gasteiger partial charge in [0.05, 0.1) is 20.1 Å². The van der Waals surface area contributed by atoms with E-state index >= 15 is 0 Å². The van der Waals surface area contributed by atoms with Gasteiger partial charge >= 0.3 is 11.9 Å². The number of esters is 1. The minimum Gasteiger partial charge on any atom is -0.495 e. The van der Waals surface area contributed by atoms with Gasteiger partial charge in [0.15, 0.2) is 5.76 Å². The number of ether oxygens (including phenoxy) is 2. The highest BCUT2D eigenvalue weighted by atomic mass is 19.3. The van der Waals surface area contributed by atoms with Crippen LogP contribution in [0.5, 0.6) is 0 Å². The zero-order valence-corrected chi connectivity index (χ0v) is 8.55. The first-order valence-corrected chi connectivity index (χ1v) is 4.74. The summed E-state index contributed by atoms with van der Waals surface area (Å²) in [4.78, 5) is 11.1. The number of carbonyl (C=O) groups excluding carboxylic acids is 1. The molecule has 0 bridgehead atoms. The Kier molecular flexibility index (Phi) is 2.20. The van der Waals surface area contributed by atoms with E-state index < -0.39 is 5.92 Å². The summed E-state index contributed by atoms with van der Waals surface area (Å²) in [6.07, 6.45) is 0.319. The summed E-state index contributed by atoms with van der Waals surface area (Å²) in [6.45, 7) is 0. The van der Waals surface area contributed by atoms with Crippen LogP contribution >= 0.6 is 0 Å². The normalized spacial score (nSPS) is 32.0. The molecule has 0 spiro atoms. The molecular formula is C10H12F2O3. The lowest BCUT2D eigenvalue weighted by Gasteiger charge is -2.31. The Hall–Kier alpha value is -1.13. The molecule has 0 aromatic rings. The maximum absolute atomic E-state index is 13.0. The third-order valence-corrected chi connectivity index (χ3v) is 2.98. The lowest BCUT2D eigenvalue weighted by atomic mass is 9.87. The Labute approximate surface area is 86.0 Å². The molecule has 0 unspecified atom stereocenters. The number of methoxy groups -OCH3 is 2. The summed E-state index contributed by atoms with van der Waals surface area (Å²) in [5.74, 6) is -3.75. The SMILES string of the molecule is COC(=O)[C@H]1C[C@@H]1C1=C(OC)C(F)(F)C1. The first kappa shape index (κ1) is 10.4. The molecule has 2 atom stereocenters. The molecule has 5 heteroatoms. The van der Waals surface area contributed by atoms with E-state index in [1.54, 1.807) is 0 Å². The fourth-order valence-corrected chi connectivity index (χ4v) is 2.10. The molecule has 0 aromatic heterocycles. The van der Waals surface area contributed by atoms with E-state index in [1.807, 2.05) is 0 Å². The van der Waals surface area contributed by atoms with Crippen LogP contribution < -0.4 is 0 Å². The van der Waals surface area contributed by atoms with Crippen molar-refractivity contribution < 1.29 is 23.0 Å². The second-order valence-corrected chi connectivity index (χ2v) is 3.91. The molecular weight excluding hydrogens is 206 g/mol. The second kappa shape index (κ2) is 3.18. The summed E-state index contributed by atoms with van der Waals surface area (Å²) >= 11 is 0. The Morgan fingerprint density at radius 3 is 2.60 bits per heavy atom. The van der Waals surface area contributed by atoms with Gasteiger partial charge in [-0.05, 0) is 17.9 Å². The number of hydrogen-bond acceptors (Lipinski definition) is 3. The van der Waals surface area contributed by atoms with Gasteiger partial charge in [0.1, 0.15) is 0 Å². The Bertz CT molecular complexity index is 336. The number of halogens is 2. The summed E-state index contributed by atoms with van der Waals surface area (Å²) in [5.41, 5.74) is 0.581. The highest BCUT2D eigenvalue weighted by molar-refractivity contribution is 5.76. The van der Waals surface area contributed by atoms with E-state index in [1.165, 1.54) is 14.2 Å². The minimum atomic E-state index is -2.84. The van der Waals surface area contributed by atoms with Crippen LogP contribution in [0.25, 0.3) is 0 Å². The molecule has 0 aromatic carbocycles. The van der Waals surface area contributed by atoms with Crippen molar-refractivity contribution in [2.75, 3.05) is 14.2 Å². The minimum absolute atomic E-state index is 0.0907. The van der Waals surface area contributed by atoms with Crippen LogP contribution in [0.15, 0.2) is 11.3 Å². The van der Waals surface area contributed by atoms with Gasteiger partial charge < -0.3 is 9.47 Å². The zero-order chi connectivity index (χ0) is 11.2. The van der Waals surface area contributed by atoms with E-state index in [9.17, 15) is 13.6 Å². The number of alkyl halides is 2. The van der Waals surface area contributed by atoms with Gasteiger partial charge in [-0.3, -0.25) is 4.79 Å². The number of hydrogen-bond donors (Lipinski definition) is 0. The van der Waals surface area contributed by atoms with Gasteiger partial charge in [-0.1, -0.05) is 0 Å². The first-order valence-electron chi connectivity index (χ1n) is 4.74. The predicted octanol–water partition coefficient (Wildman–Crippen LogP) is 1.74. The molecule has 0 heterocycles. The highest BCUT2D eigenvalue weighted by Gasteiger charge is 2.57. The Morgan fingerprint density at radius 1 is 1.47 bits per heavy atom. The van der Waals surface area contributed by atoms with Gasteiger partial charge in [0.2, 0.25) is 0 Å². The fraction of sp³-hybridized carbons (Fsp3) is 0.700. The quantitative estimate of drug-likeness (QED) is 0.677. The summed E-state index contributed by atoms with van der Waals surface area (Å²) < 4.78 is 35.1. The van der Waals surface area contributed by atoms with Crippen LogP contribution in [0.3, 0.4) is 0 Å². The average molecular weight is 218 g/mol. The Balaban J connectivity index is 2.07. The maximum atomic E-state index is 13.0. The maximum Gasteiger partial charge on any atom is 0.309 e. The van der Waals surface area contributed by atoms with E-state index in [0.717, 1.165) is 0 Å². The van der Waals surface area contributed by atoms with Crippen LogP contribution in [-0.2, 0) is 14.3 Å². The van der Waals surface area contributed by atoms with Gasteiger partial charge in [-0.2, -0.15) is 8.78 Å². The van der Waals surface area contributed by atoms with Gasteiger partial charge in [-0.25, -0.2) is 0 Å². The van der Waals surface area contributed by atoms with Crippen molar-refractivity contribution in [2.24, 2.45) is 11.8 Å². The van der Waals surface area contributed by atoms with Crippen molar-refractivity contribution in [2.45, 2.75) is 18.8 Å². The third kappa shape index (κ3) is 1.50. The summed E-state index contributed by atoms with van der Waals surface area (Å²) in [6, 6.07) is 0. The highest BCUT2D eigenvalue weighted by Crippen LogP contribution is 2.56. The molecule has 2 rings (SSSR count). The molecule has 1 saturated carbocycles. The molecule has 15 heavy (non-hydrogen) atoms. The molecule has 0 aliphatic heterocycles. The standard InChI is InChI=1S/C10H12F2O3/c1-14-8-7(4-10(8,11)12)5-3-6(5)9(13)15-2/h5-6H,3-4H2,1-2H3/t5-,6-/m0/s1. The molecule has 2 aliphatic rings. The van der Waals surface area contributed by atoms with Crippen LogP contribution in [0.1, 0.15) is 12.8 Å². The van der Waals surface area contributed by atoms with E-state index in [-0.39, 0.29) is 30.0 Å². The van der Waals surface area contributed by atoms with E-state index in [2.05, 4.69) is 9.47 Å². The predicted molar refractivity (Wildman–Crippen MR) is 47.2 cm³/mol. The van der Waals surface area contributed by atoms with E-state index in [0.29, 0.717) is 12.0 Å². The van der Waals surface area contributed by atoms with Crippen LogP contribution in [0.2, 0.25) is 0 Å². The molecule has 0 amide bonds. The van der Waals surface area contributed by atoms with E-state index in [4.69, 9.17) is 0 Å². The van der Waals surface area contributed by atoms with Crippen LogP contribution in [0, 0.1) is 11.8 Å². The number of allylic oxidation sites excluding steroid dienone is 2. The lowest BCUT2D eigenvalue weighted by molar-refractivity contribution is -0.142. The molecule has 84 valence electrons. The van der Waals surface area contributed by atoms with Crippen molar-refractivity contribution >= 4 is 5.97 Å². The van der Waals surface area contributed by atoms with Gasteiger partial charge in [0, 0.05) is 6.42 Å². The topological polar surface area (TPSA) is 35.5 Å². The average Bonchev–Trinajstić information content (AvgIpc) is 2.93.